The highest BCUT2D eigenvalue weighted by Crippen LogP contribution is 2.29. The van der Waals surface area contributed by atoms with Crippen molar-refractivity contribution in [2.24, 2.45) is 14.1 Å². The monoisotopic (exact) mass is 342 g/mol. The Morgan fingerprint density at radius 2 is 1.62 bits per heavy atom. The van der Waals surface area contributed by atoms with Gasteiger partial charge in [-0.25, -0.2) is 4.79 Å². The molecule has 1 aromatic heterocycles. The molecule has 24 heavy (non-hydrogen) atoms. The molecule has 0 aliphatic heterocycles. The molecule has 1 heterocycles. The fourth-order valence-corrected chi connectivity index (χ4v) is 1.86. The second-order valence-electron chi connectivity index (χ2n) is 4.92. The average Bonchev–Trinajstić information content (AvgIpc) is 2.54. The van der Waals surface area contributed by atoms with Crippen molar-refractivity contribution < 1.29 is 18.0 Å². The van der Waals surface area contributed by atoms with Crippen molar-refractivity contribution in [1.82, 2.24) is 14.6 Å². The molecule has 1 aromatic carbocycles. The summed E-state index contributed by atoms with van der Waals surface area (Å²) < 4.78 is 39.4. The number of anilines is 1. The van der Waals surface area contributed by atoms with Crippen molar-refractivity contribution >= 4 is 11.7 Å². The fraction of sp³-hybridized carbons (Fsp3) is 0.214. The van der Waals surface area contributed by atoms with Crippen LogP contribution in [0.25, 0.3) is 0 Å². The summed E-state index contributed by atoms with van der Waals surface area (Å²) in [5, 5.41) is 0. The molecule has 2 N–H and O–H groups in total. The number of hydrazine groups is 1. The minimum atomic E-state index is -4.49. The number of rotatable bonds is 3. The van der Waals surface area contributed by atoms with Gasteiger partial charge >= 0.3 is 11.9 Å². The van der Waals surface area contributed by atoms with E-state index in [0.29, 0.717) is 0 Å². The van der Waals surface area contributed by atoms with Gasteiger partial charge in [0.1, 0.15) is 5.82 Å². The second-order valence-corrected chi connectivity index (χ2v) is 4.92. The molecule has 10 heteroatoms. The van der Waals surface area contributed by atoms with Gasteiger partial charge < -0.3 is 0 Å². The van der Waals surface area contributed by atoms with Crippen LogP contribution in [0.2, 0.25) is 0 Å². The zero-order chi connectivity index (χ0) is 18.1. The standard InChI is InChI=1S/C14H13F3N4O3/c1-20-10(7-11(22)21(2)13(20)24)18-19-12(23)8-3-5-9(6-4-8)14(15,16)17/h3-7,18H,1-2H3,(H,19,23). The third-order valence-electron chi connectivity index (χ3n) is 3.30. The lowest BCUT2D eigenvalue weighted by Gasteiger charge is -2.13. The Hall–Kier alpha value is -3.04. The number of alkyl halides is 3. The molecule has 2 rings (SSSR count). The summed E-state index contributed by atoms with van der Waals surface area (Å²) in [5.41, 5.74) is 2.52. The van der Waals surface area contributed by atoms with Crippen LogP contribution >= 0.6 is 0 Å². The van der Waals surface area contributed by atoms with Crippen LogP contribution in [0.4, 0.5) is 19.0 Å². The van der Waals surface area contributed by atoms with E-state index in [9.17, 15) is 27.6 Å². The van der Waals surface area contributed by atoms with Gasteiger partial charge in [0.15, 0.2) is 0 Å². The molecule has 1 amide bonds. The minimum absolute atomic E-state index is 0.0238. The first kappa shape index (κ1) is 17.3. The van der Waals surface area contributed by atoms with Gasteiger partial charge in [-0.1, -0.05) is 0 Å². The number of hydrogen-bond donors (Lipinski definition) is 2. The molecule has 0 unspecified atom stereocenters. The number of hydrogen-bond acceptors (Lipinski definition) is 4. The predicted molar refractivity (Wildman–Crippen MR) is 79.5 cm³/mol. The van der Waals surface area contributed by atoms with Crippen LogP contribution in [-0.2, 0) is 20.3 Å². The van der Waals surface area contributed by atoms with Crippen molar-refractivity contribution in [2.75, 3.05) is 5.43 Å². The molecular weight excluding hydrogens is 329 g/mol. The Bertz CT molecular complexity index is 882. The van der Waals surface area contributed by atoms with E-state index in [4.69, 9.17) is 0 Å². The topological polar surface area (TPSA) is 85.1 Å². The number of aromatic nitrogens is 2. The lowest BCUT2D eigenvalue weighted by atomic mass is 10.1. The van der Waals surface area contributed by atoms with Crippen molar-refractivity contribution in [2.45, 2.75) is 6.18 Å². The number of amides is 1. The summed E-state index contributed by atoms with van der Waals surface area (Å²) in [4.78, 5) is 35.2. The van der Waals surface area contributed by atoms with Gasteiger partial charge in [-0.15, -0.1) is 0 Å². The van der Waals surface area contributed by atoms with E-state index in [1.807, 2.05) is 0 Å². The molecule has 0 bridgehead atoms. The van der Waals surface area contributed by atoms with E-state index >= 15 is 0 Å². The summed E-state index contributed by atoms with van der Waals surface area (Å²) in [5.74, 6) is -0.694. The van der Waals surface area contributed by atoms with E-state index in [0.717, 1.165) is 39.5 Å². The maximum absolute atomic E-state index is 12.5. The molecule has 0 atom stereocenters. The van der Waals surface area contributed by atoms with Gasteiger partial charge in [0.05, 0.1) is 5.56 Å². The number of nitrogens with one attached hydrogen (secondary N) is 2. The van der Waals surface area contributed by atoms with Crippen LogP contribution in [-0.4, -0.2) is 15.0 Å². The Morgan fingerprint density at radius 1 is 1.04 bits per heavy atom. The fourth-order valence-electron chi connectivity index (χ4n) is 1.86. The molecule has 2 aromatic rings. The number of carbonyl (C=O) groups is 1. The van der Waals surface area contributed by atoms with Crippen molar-refractivity contribution in [3.05, 3.63) is 62.3 Å². The molecule has 0 fully saturated rings. The second kappa shape index (κ2) is 6.22. The van der Waals surface area contributed by atoms with Crippen LogP contribution in [0.5, 0.6) is 0 Å². The maximum atomic E-state index is 12.5. The van der Waals surface area contributed by atoms with Crippen LogP contribution in [0, 0.1) is 0 Å². The molecule has 0 radical (unpaired) electrons. The van der Waals surface area contributed by atoms with E-state index < -0.39 is 28.9 Å². The van der Waals surface area contributed by atoms with Gasteiger partial charge in [0, 0.05) is 25.7 Å². The first-order valence-corrected chi connectivity index (χ1v) is 6.62. The molecule has 0 saturated heterocycles. The molecule has 0 aliphatic rings. The van der Waals surface area contributed by atoms with Gasteiger partial charge in [0.2, 0.25) is 0 Å². The van der Waals surface area contributed by atoms with Crippen LogP contribution < -0.4 is 22.1 Å². The summed E-state index contributed by atoms with van der Waals surface area (Å²) >= 11 is 0. The molecule has 0 saturated carbocycles. The van der Waals surface area contributed by atoms with E-state index in [1.165, 1.54) is 14.1 Å². The smallest absolute Gasteiger partial charge is 0.283 e. The van der Waals surface area contributed by atoms with E-state index in [2.05, 4.69) is 10.9 Å². The molecule has 0 aliphatic carbocycles. The van der Waals surface area contributed by atoms with Crippen molar-refractivity contribution in [1.29, 1.82) is 0 Å². The van der Waals surface area contributed by atoms with Gasteiger partial charge in [-0.3, -0.25) is 29.6 Å². The highest BCUT2D eigenvalue weighted by Gasteiger charge is 2.30. The van der Waals surface area contributed by atoms with E-state index in [-0.39, 0.29) is 11.4 Å². The van der Waals surface area contributed by atoms with Crippen LogP contribution in [0.3, 0.4) is 0 Å². The van der Waals surface area contributed by atoms with Gasteiger partial charge in [-0.2, -0.15) is 13.2 Å². The van der Waals surface area contributed by atoms with Gasteiger partial charge in [0.25, 0.3) is 11.5 Å². The molecular formula is C14H13F3N4O3. The van der Waals surface area contributed by atoms with Crippen molar-refractivity contribution in [3.63, 3.8) is 0 Å². The van der Waals surface area contributed by atoms with Crippen molar-refractivity contribution in [3.8, 4) is 0 Å². The quantitative estimate of drug-likeness (QED) is 0.811. The third kappa shape index (κ3) is 3.47. The number of benzene rings is 1. The normalized spacial score (nSPS) is 11.2. The number of nitrogens with zero attached hydrogens (tertiary/aromatic N) is 2. The maximum Gasteiger partial charge on any atom is 0.416 e. The minimum Gasteiger partial charge on any atom is -0.283 e. The molecule has 128 valence electrons. The lowest BCUT2D eigenvalue weighted by molar-refractivity contribution is -0.137. The molecule has 7 nitrogen and oxygen atoms in total. The Labute approximate surface area is 133 Å². The first-order valence-electron chi connectivity index (χ1n) is 6.62. The number of carbonyl (C=O) groups excluding carboxylic acids is 1. The van der Waals surface area contributed by atoms with Crippen LogP contribution in [0.1, 0.15) is 15.9 Å². The zero-order valence-corrected chi connectivity index (χ0v) is 12.6. The molecule has 0 spiro atoms. The highest BCUT2D eigenvalue weighted by atomic mass is 19.4. The highest BCUT2D eigenvalue weighted by molar-refractivity contribution is 5.94. The summed E-state index contributed by atoms with van der Waals surface area (Å²) in [6, 6.07) is 4.69. The summed E-state index contributed by atoms with van der Waals surface area (Å²) in [6.45, 7) is 0. The lowest BCUT2D eigenvalue weighted by Crippen LogP contribution is -2.40. The summed E-state index contributed by atoms with van der Waals surface area (Å²) in [7, 11) is 2.68. The third-order valence-corrected chi connectivity index (χ3v) is 3.30. The van der Waals surface area contributed by atoms with Crippen LogP contribution in [0.15, 0.2) is 39.9 Å². The zero-order valence-electron chi connectivity index (χ0n) is 12.6. The Kier molecular flexibility index (Phi) is 4.49. The average molecular weight is 342 g/mol. The number of halogens is 3. The Balaban J connectivity index is 2.14. The first-order chi connectivity index (χ1) is 11.1. The summed E-state index contributed by atoms with van der Waals surface area (Å²) in [6.07, 6.45) is -4.49. The van der Waals surface area contributed by atoms with E-state index in [1.54, 1.807) is 0 Å². The Morgan fingerprint density at radius 3 is 2.17 bits per heavy atom. The SMILES string of the molecule is Cn1c(NNC(=O)c2ccc(C(F)(F)F)cc2)cc(=O)n(C)c1=O. The largest absolute Gasteiger partial charge is 0.416 e. The predicted octanol–water partition coefficient (Wildman–Crippen LogP) is 0.860. The van der Waals surface area contributed by atoms with Gasteiger partial charge in [-0.05, 0) is 24.3 Å².